The molecule has 2 aromatic heterocycles. The summed E-state index contributed by atoms with van der Waals surface area (Å²) in [5.74, 6) is 1.16. The van der Waals surface area contributed by atoms with Crippen LogP contribution in [0.5, 0.6) is 5.75 Å². The lowest BCUT2D eigenvalue weighted by Gasteiger charge is -2.53. The van der Waals surface area contributed by atoms with Crippen LogP contribution in [-0.4, -0.2) is 78.6 Å². The Labute approximate surface area is 215 Å². The predicted octanol–water partition coefficient (Wildman–Crippen LogP) is 3.39. The van der Waals surface area contributed by atoms with Gasteiger partial charge in [-0.1, -0.05) is 0 Å². The summed E-state index contributed by atoms with van der Waals surface area (Å²) in [7, 11) is 3.91. The van der Waals surface area contributed by atoms with Crippen molar-refractivity contribution < 1.29 is 13.9 Å². The second-order valence-electron chi connectivity index (χ2n) is 11.1. The monoisotopic (exact) mass is 511 g/mol. The number of nitrogens with one attached hydrogen (secondary N) is 2. The third kappa shape index (κ3) is 5.35. The van der Waals surface area contributed by atoms with Gasteiger partial charge in [0.25, 0.3) is 0 Å². The molecule has 198 valence electrons. The molecule has 0 saturated carbocycles. The van der Waals surface area contributed by atoms with Crippen LogP contribution in [-0.2, 0) is 11.8 Å². The van der Waals surface area contributed by atoms with Crippen LogP contribution in [0.3, 0.4) is 0 Å². The van der Waals surface area contributed by atoms with E-state index in [2.05, 4.69) is 75.8 Å². The molecule has 0 aliphatic carbocycles. The van der Waals surface area contributed by atoms with E-state index >= 15 is 0 Å². The van der Waals surface area contributed by atoms with Crippen LogP contribution in [0.25, 0.3) is 11.4 Å². The molecule has 0 atom stereocenters. The Morgan fingerprint density at radius 1 is 1.08 bits per heavy atom. The van der Waals surface area contributed by atoms with E-state index < -0.39 is 5.82 Å². The van der Waals surface area contributed by atoms with Gasteiger partial charge in [-0.25, -0.2) is 14.1 Å². The lowest BCUT2D eigenvalue weighted by atomic mass is 9.77. The SMILES string of the molecule is CN1C(C)(C)CC(Nc2nc(Nc3cc(OC4COC4)cc(-c4nnnn4C)c3)ncc2F)CC1(C)C. The fourth-order valence-electron chi connectivity index (χ4n) is 5.14. The number of ether oxygens (including phenoxy) is 2. The number of rotatable bonds is 7. The number of likely N-dealkylation sites (tertiary alicyclic amines) is 1. The first-order valence-corrected chi connectivity index (χ1v) is 12.4. The van der Waals surface area contributed by atoms with Gasteiger partial charge in [0.05, 0.1) is 19.4 Å². The van der Waals surface area contributed by atoms with E-state index in [0.717, 1.165) is 18.4 Å². The van der Waals surface area contributed by atoms with Crippen molar-refractivity contribution >= 4 is 17.5 Å². The van der Waals surface area contributed by atoms with E-state index in [0.29, 0.717) is 30.5 Å². The first-order valence-electron chi connectivity index (χ1n) is 12.4. The summed E-state index contributed by atoms with van der Waals surface area (Å²) < 4.78 is 27.6. The molecular formula is C25H34FN9O2. The number of aryl methyl sites for hydroxylation is 1. The van der Waals surface area contributed by atoms with E-state index in [1.54, 1.807) is 11.7 Å². The molecule has 2 aliphatic rings. The summed E-state index contributed by atoms with van der Waals surface area (Å²) >= 11 is 0. The predicted molar refractivity (Wildman–Crippen MR) is 137 cm³/mol. The molecule has 2 saturated heterocycles. The molecular weight excluding hydrogens is 477 g/mol. The molecule has 2 fully saturated rings. The number of piperidine rings is 1. The van der Waals surface area contributed by atoms with Gasteiger partial charge in [-0.05, 0) is 70.1 Å². The molecule has 4 heterocycles. The number of tetrazole rings is 1. The largest absolute Gasteiger partial charge is 0.485 e. The Kier molecular flexibility index (Phi) is 6.48. The molecule has 0 unspecified atom stereocenters. The molecule has 5 rings (SSSR count). The fourth-order valence-corrected chi connectivity index (χ4v) is 5.14. The molecule has 12 heteroatoms. The molecule has 0 amide bonds. The van der Waals surface area contributed by atoms with Crippen LogP contribution >= 0.6 is 0 Å². The summed E-state index contributed by atoms with van der Waals surface area (Å²) in [6.07, 6.45) is 2.89. The van der Waals surface area contributed by atoms with Gasteiger partial charge in [0.15, 0.2) is 17.5 Å². The highest BCUT2D eigenvalue weighted by atomic mass is 19.1. The van der Waals surface area contributed by atoms with Crippen LogP contribution < -0.4 is 15.4 Å². The molecule has 2 aliphatic heterocycles. The number of anilines is 3. The van der Waals surface area contributed by atoms with Crippen LogP contribution in [0.2, 0.25) is 0 Å². The van der Waals surface area contributed by atoms with Crippen molar-refractivity contribution in [3.8, 4) is 17.1 Å². The van der Waals surface area contributed by atoms with Gasteiger partial charge in [-0.15, -0.1) is 5.10 Å². The Bertz CT molecular complexity index is 1260. The lowest BCUT2D eigenvalue weighted by Crippen LogP contribution is -2.61. The minimum absolute atomic E-state index is 0.0124. The average Bonchev–Trinajstić information content (AvgIpc) is 3.22. The molecule has 0 bridgehead atoms. The van der Waals surface area contributed by atoms with Gasteiger partial charge in [-0.3, -0.25) is 4.90 Å². The summed E-state index contributed by atoms with van der Waals surface area (Å²) in [6.45, 7) is 9.92. The van der Waals surface area contributed by atoms with Crippen LogP contribution in [0.15, 0.2) is 24.4 Å². The normalized spacial score (nSPS) is 19.9. The number of hydrogen-bond donors (Lipinski definition) is 2. The number of aromatic nitrogens is 6. The van der Waals surface area contributed by atoms with Crippen molar-refractivity contribution in [2.75, 3.05) is 30.9 Å². The zero-order valence-corrected chi connectivity index (χ0v) is 22.1. The molecule has 1 aromatic carbocycles. The highest BCUT2D eigenvalue weighted by molar-refractivity contribution is 5.68. The van der Waals surface area contributed by atoms with Gasteiger partial charge in [0.1, 0.15) is 11.9 Å². The summed E-state index contributed by atoms with van der Waals surface area (Å²) in [4.78, 5) is 11.0. The zero-order chi connectivity index (χ0) is 26.4. The number of halogens is 1. The average molecular weight is 512 g/mol. The van der Waals surface area contributed by atoms with E-state index in [1.165, 1.54) is 6.20 Å². The Morgan fingerprint density at radius 2 is 1.81 bits per heavy atom. The lowest BCUT2D eigenvalue weighted by molar-refractivity contribution is -0.0796. The maximum atomic E-state index is 14.8. The van der Waals surface area contributed by atoms with Gasteiger partial charge < -0.3 is 20.1 Å². The molecule has 37 heavy (non-hydrogen) atoms. The second kappa shape index (κ2) is 9.49. The smallest absolute Gasteiger partial charge is 0.229 e. The fraction of sp³-hybridized carbons (Fsp3) is 0.560. The Hall–Kier alpha value is -3.38. The van der Waals surface area contributed by atoms with E-state index in [9.17, 15) is 4.39 Å². The van der Waals surface area contributed by atoms with Crippen molar-refractivity contribution in [2.45, 2.75) is 63.8 Å². The van der Waals surface area contributed by atoms with E-state index in [1.807, 2.05) is 18.2 Å². The third-order valence-corrected chi connectivity index (χ3v) is 7.34. The first kappa shape index (κ1) is 25.3. The van der Waals surface area contributed by atoms with Crippen molar-refractivity contribution in [1.82, 2.24) is 35.1 Å². The zero-order valence-electron chi connectivity index (χ0n) is 22.1. The van der Waals surface area contributed by atoms with Gasteiger partial charge >= 0.3 is 0 Å². The highest BCUT2D eigenvalue weighted by Gasteiger charge is 2.43. The second-order valence-corrected chi connectivity index (χ2v) is 11.1. The summed E-state index contributed by atoms with van der Waals surface area (Å²) in [6, 6.07) is 5.65. The standard InChI is InChI=1S/C25H34FN9O2/c1-24(2)10-17(11-25(3,4)35(24)6)28-21-20(26)12-27-23(30-21)29-16-7-15(22-31-32-33-34(22)5)8-18(9-16)37-19-13-36-14-19/h7-9,12,17,19H,10-11,13-14H2,1-6H3,(H2,27,28,29,30). The third-order valence-electron chi connectivity index (χ3n) is 7.34. The minimum atomic E-state index is -0.493. The van der Waals surface area contributed by atoms with Gasteiger partial charge in [0.2, 0.25) is 5.95 Å². The first-order chi connectivity index (χ1) is 17.5. The minimum Gasteiger partial charge on any atom is -0.485 e. The molecule has 3 aromatic rings. The van der Waals surface area contributed by atoms with Crippen molar-refractivity contribution in [3.05, 3.63) is 30.2 Å². The van der Waals surface area contributed by atoms with Crippen LogP contribution in [0, 0.1) is 5.82 Å². The maximum Gasteiger partial charge on any atom is 0.229 e. The van der Waals surface area contributed by atoms with Crippen molar-refractivity contribution in [1.29, 1.82) is 0 Å². The molecule has 0 spiro atoms. The number of nitrogens with zero attached hydrogens (tertiary/aromatic N) is 7. The Morgan fingerprint density at radius 3 is 2.43 bits per heavy atom. The van der Waals surface area contributed by atoms with Crippen molar-refractivity contribution in [2.24, 2.45) is 7.05 Å². The van der Waals surface area contributed by atoms with E-state index in [-0.39, 0.29) is 35.0 Å². The van der Waals surface area contributed by atoms with Crippen LogP contribution in [0.1, 0.15) is 40.5 Å². The number of hydrogen-bond acceptors (Lipinski definition) is 10. The highest BCUT2D eigenvalue weighted by Crippen LogP contribution is 2.38. The maximum absolute atomic E-state index is 14.8. The summed E-state index contributed by atoms with van der Waals surface area (Å²) in [5.41, 5.74) is 1.33. The van der Waals surface area contributed by atoms with Gasteiger partial charge in [0, 0.05) is 41.5 Å². The van der Waals surface area contributed by atoms with Crippen molar-refractivity contribution in [3.63, 3.8) is 0 Å². The molecule has 2 N–H and O–H groups in total. The molecule has 11 nitrogen and oxygen atoms in total. The number of benzene rings is 1. The van der Waals surface area contributed by atoms with E-state index in [4.69, 9.17) is 9.47 Å². The quantitative estimate of drug-likeness (QED) is 0.489. The van der Waals surface area contributed by atoms with Crippen LogP contribution in [0.4, 0.5) is 21.8 Å². The topological polar surface area (TPSA) is 115 Å². The van der Waals surface area contributed by atoms with Gasteiger partial charge in [-0.2, -0.15) is 4.98 Å². The molecule has 0 radical (unpaired) electrons. The Balaban J connectivity index is 1.39. The summed E-state index contributed by atoms with van der Waals surface area (Å²) in [5, 5.41) is 18.3.